The number of carbonyl (C=O) groups is 1. The highest BCUT2D eigenvalue weighted by atomic mass is 32.1. The molecule has 138 valence electrons. The van der Waals surface area contributed by atoms with Crippen molar-refractivity contribution in [1.29, 1.82) is 0 Å². The molecule has 2 saturated heterocycles. The van der Waals surface area contributed by atoms with Gasteiger partial charge in [0.25, 0.3) is 5.91 Å². The number of pyridine rings is 1. The second kappa shape index (κ2) is 7.38. The number of aromatic nitrogens is 3. The predicted molar refractivity (Wildman–Crippen MR) is 97.7 cm³/mol. The molecule has 1 spiro atoms. The molecule has 0 aliphatic carbocycles. The Bertz CT molecular complexity index is 741. The molecule has 8 heteroatoms. The molecule has 2 fully saturated rings. The summed E-state index contributed by atoms with van der Waals surface area (Å²) >= 11 is 1.22. The first-order chi connectivity index (χ1) is 12.7. The maximum absolute atomic E-state index is 12.6. The number of ether oxygens (including phenoxy) is 1. The van der Waals surface area contributed by atoms with Gasteiger partial charge < -0.3 is 14.5 Å². The van der Waals surface area contributed by atoms with Gasteiger partial charge in [-0.1, -0.05) is 10.6 Å². The average molecular weight is 373 g/mol. The van der Waals surface area contributed by atoms with Crippen molar-refractivity contribution in [3.63, 3.8) is 0 Å². The number of amides is 1. The molecule has 7 nitrogen and oxygen atoms in total. The van der Waals surface area contributed by atoms with Crippen molar-refractivity contribution in [2.24, 2.45) is 11.3 Å². The van der Waals surface area contributed by atoms with Gasteiger partial charge in [-0.2, -0.15) is 0 Å². The number of rotatable bonds is 5. The van der Waals surface area contributed by atoms with Crippen molar-refractivity contribution in [2.75, 3.05) is 39.8 Å². The largest absolute Gasteiger partial charge is 0.375 e. The first-order valence-corrected chi connectivity index (χ1v) is 9.72. The normalized spacial score (nSPS) is 26.0. The van der Waals surface area contributed by atoms with E-state index >= 15 is 0 Å². The Balaban J connectivity index is 1.39. The molecule has 4 rings (SSSR count). The van der Waals surface area contributed by atoms with Crippen LogP contribution in [0.1, 0.15) is 22.6 Å². The first-order valence-electron chi connectivity index (χ1n) is 8.89. The van der Waals surface area contributed by atoms with Crippen LogP contribution in [0.15, 0.2) is 29.8 Å². The lowest BCUT2D eigenvalue weighted by Gasteiger charge is -2.30. The summed E-state index contributed by atoms with van der Waals surface area (Å²) in [6, 6.07) is 5.87. The highest BCUT2D eigenvalue weighted by molar-refractivity contribution is 7.03. The Kier molecular flexibility index (Phi) is 4.97. The maximum atomic E-state index is 12.6. The Morgan fingerprint density at radius 3 is 3.12 bits per heavy atom. The Hall–Kier alpha value is -1.90. The summed E-state index contributed by atoms with van der Waals surface area (Å²) in [4.78, 5) is 21.2. The highest BCUT2D eigenvalue weighted by Gasteiger charge is 2.50. The van der Waals surface area contributed by atoms with Gasteiger partial charge in [0.1, 0.15) is 0 Å². The number of carbonyl (C=O) groups excluding carboxylic acids is 1. The predicted octanol–water partition coefficient (Wildman–Crippen LogP) is 1.54. The summed E-state index contributed by atoms with van der Waals surface area (Å²) in [5, 5.41) is 5.65. The Labute approximate surface area is 157 Å². The quantitative estimate of drug-likeness (QED) is 0.792. The van der Waals surface area contributed by atoms with Crippen molar-refractivity contribution in [2.45, 2.75) is 13.0 Å². The van der Waals surface area contributed by atoms with Crippen molar-refractivity contribution in [3.05, 3.63) is 41.2 Å². The van der Waals surface area contributed by atoms with Gasteiger partial charge in [0.05, 0.1) is 18.9 Å². The van der Waals surface area contributed by atoms with E-state index in [1.807, 2.05) is 23.1 Å². The molecule has 2 aromatic rings. The van der Waals surface area contributed by atoms with Crippen LogP contribution in [0.2, 0.25) is 0 Å². The van der Waals surface area contributed by atoms with E-state index in [0.717, 1.165) is 38.3 Å². The van der Waals surface area contributed by atoms with Crippen molar-refractivity contribution >= 4 is 17.4 Å². The standard InChI is InChI=1S/C18H23N5O2S/c1-22-8-14(9-25-10-15-4-2-3-6-19-15)18(12-22)5-7-23(13-18)17(24)16-11-26-21-20-16/h2-4,6,11,14H,5,7-10,12-13H2,1H3/t14-,18+/m0/s1. The third-order valence-corrected chi connectivity index (χ3v) is 6.03. The molecule has 4 heterocycles. The molecule has 0 radical (unpaired) electrons. The van der Waals surface area contributed by atoms with Crippen molar-refractivity contribution in [3.8, 4) is 0 Å². The lowest BCUT2D eigenvalue weighted by molar-refractivity contribution is 0.0482. The molecular formula is C18H23N5O2S. The monoisotopic (exact) mass is 373 g/mol. The summed E-state index contributed by atoms with van der Waals surface area (Å²) in [5.74, 6) is 0.418. The third-order valence-electron chi connectivity index (χ3n) is 5.53. The lowest BCUT2D eigenvalue weighted by atomic mass is 9.77. The molecule has 0 bridgehead atoms. The van der Waals surface area contributed by atoms with Gasteiger partial charge in [-0.25, -0.2) is 0 Å². The Morgan fingerprint density at radius 1 is 1.42 bits per heavy atom. The zero-order chi connectivity index (χ0) is 18.0. The van der Waals surface area contributed by atoms with Gasteiger partial charge in [0, 0.05) is 49.1 Å². The SMILES string of the molecule is CN1C[C@@H](COCc2ccccn2)[C@]2(CCN(C(=O)c3csnn3)C2)C1. The fourth-order valence-electron chi connectivity index (χ4n) is 4.27. The van der Waals surface area contributed by atoms with Gasteiger partial charge in [-0.3, -0.25) is 9.78 Å². The zero-order valence-electron chi connectivity index (χ0n) is 14.9. The summed E-state index contributed by atoms with van der Waals surface area (Å²) < 4.78 is 9.80. The second-order valence-electron chi connectivity index (χ2n) is 7.36. The third kappa shape index (κ3) is 3.49. The molecule has 0 saturated carbocycles. The van der Waals surface area contributed by atoms with E-state index in [4.69, 9.17) is 4.74 Å². The van der Waals surface area contributed by atoms with Gasteiger partial charge in [0.15, 0.2) is 5.69 Å². The van der Waals surface area contributed by atoms with Crippen molar-refractivity contribution in [1.82, 2.24) is 24.4 Å². The molecule has 0 aromatic carbocycles. The molecule has 2 aliphatic rings. The first kappa shape index (κ1) is 17.5. The van der Waals surface area contributed by atoms with E-state index in [9.17, 15) is 4.79 Å². The topological polar surface area (TPSA) is 71.5 Å². The smallest absolute Gasteiger partial charge is 0.275 e. The number of hydrogen-bond donors (Lipinski definition) is 0. The summed E-state index contributed by atoms with van der Waals surface area (Å²) in [5.41, 5.74) is 1.52. The highest BCUT2D eigenvalue weighted by Crippen LogP contribution is 2.43. The fraction of sp³-hybridized carbons (Fsp3) is 0.556. The van der Waals surface area contributed by atoms with Crippen LogP contribution in [0.4, 0.5) is 0 Å². The molecule has 2 aliphatic heterocycles. The zero-order valence-corrected chi connectivity index (χ0v) is 15.7. The van der Waals surface area contributed by atoms with E-state index in [0.29, 0.717) is 24.8 Å². The van der Waals surface area contributed by atoms with Crippen LogP contribution < -0.4 is 0 Å². The molecule has 0 unspecified atom stereocenters. The van der Waals surface area contributed by atoms with Crippen LogP contribution in [0, 0.1) is 11.3 Å². The van der Waals surface area contributed by atoms with Crippen LogP contribution in [0.25, 0.3) is 0 Å². The van der Waals surface area contributed by atoms with E-state index in [1.54, 1.807) is 11.6 Å². The summed E-state index contributed by atoms with van der Waals surface area (Å²) in [6.45, 7) is 4.78. The molecule has 1 amide bonds. The van der Waals surface area contributed by atoms with E-state index in [2.05, 4.69) is 26.5 Å². The van der Waals surface area contributed by atoms with Crippen LogP contribution in [0.5, 0.6) is 0 Å². The molecule has 2 atom stereocenters. The number of hydrogen-bond acceptors (Lipinski definition) is 7. The van der Waals surface area contributed by atoms with Gasteiger partial charge in [-0.05, 0) is 37.1 Å². The fourth-order valence-corrected chi connectivity index (χ4v) is 4.70. The van der Waals surface area contributed by atoms with Gasteiger partial charge >= 0.3 is 0 Å². The minimum absolute atomic E-state index is 0.00154. The molecule has 0 N–H and O–H groups in total. The van der Waals surface area contributed by atoms with Crippen LogP contribution >= 0.6 is 11.5 Å². The minimum Gasteiger partial charge on any atom is -0.375 e. The Morgan fingerprint density at radius 2 is 2.35 bits per heavy atom. The second-order valence-corrected chi connectivity index (χ2v) is 7.97. The van der Waals surface area contributed by atoms with Gasteiger partial charge in [-0.15, -0.1) is 5.10 Å². The van der Waals surface area contributed by atoms with E-state index < -0.39 is 0 Å². The van der Waals surface area contributed by atoms with E-state index in [-0.39, 0.29) is 11.3 Å². The van der Waals surface area contributed by atoms with Crippen LogP contribution in [-0.4, -0.2) is 70.1 Å². The van der Waals surface area contributed by atoms with Crippen molar-refractivity contribution < 1.29 is 9.53 Å². The van der Waals surface area contributed by atoms with Crippen LogP contribution in [0.3, 0.4) is 0 Å². The minimum atomic E-state index is -0.00154. The lowest BCUT2D eigenvalue weighted by Crippen LogP contribution is -2.38. The van der Waals surface area contributed by atoms with Crippen LogP contribution in [-0.2, 0) is 11.3 Å². The summed E-state index contributed by atoms with van der Waals surface area (Å²) in [6.07, 6.45) is 2.80. The number of nitrogens with zero attached hydrogens (tertiary/aromatic N) is 5. The maximum Gasteiger partial charge on any atom is 0.275 e. The van der Waals surface area contributed by atoms with E-state index in [1.165, 1.54) is 11.5 Å². The average Bonchev–Trinajstić information content (AvgIpc) is 3.37. The molecular weight excluding hydrogens is 350 g/mol. The molecule has 2 aromatic heterocycles. The van der Waals surface area contributed by atoms with Gasteiger partial charge in [0.2, 0.25) is 0 Å². The molecule has 26 heavy (non-hydrogen) atoms. The summed E-state index contributed by atoms with van der Waals surface area (Å²) in [7, 11) is 2.15. The number of likely N-dealkylation sites (tertiary alicyclic amines) is 2.